The van der Waals surface area contributed by atoms with Crippen molar-refractivity contribution in [2.45, 2.75) is 31.8 Å². The van der Waals surface area contributed by atoms with Crippen LogP contribution in [-0.4, -0.2) is 54.7 Å². The average Bonchev–Trinajstić information content (AvgIpc) is 3.15. The zero-order valence-corrected chi connectivity index (χ0v) is 12.9. The van der Waals surface area contributed by atoms with Gasteiger partial charge in [0, 0.05) is 38.6 Å². The molecule has 0 aliphatic carbocycles. The number of carbonyl (C=O) groups is 1. The molecule has 2 amide bonds. The zero-order valence-electron chi connectivity index (χ0n) is 12.9. The van der Waals surface area contributed by atoms with Gasteiger partial charge in [-0.2, -0.15) is 0 Å². The highest BCUT2D eigenvalue weighted by Gasteiger charge is 2.31. The number of benzene rings is 1. The number of piperidine rings is 1. The number of likely N-dealkylation sites (tertiary alicyclic amines) is 1. The van der Waals surface area contributed by atoms with Crippen LogP contribution in [-0.2, 0) is 13.0 Å². The fourth-order valence-corrected chi connectivity index (χ4v) is 3.86. The second kappa shape index (κ2) is 5.80. The van der Waals surface area contributed by atoms with Crippen LogP contribution in [0.15, 0.2) is 18.2 Å². The molecule has 4 rings (SSSR count). The highest BCUT2D eigenvalue weighted by atomic mass is 16.5. The summed E-state index contributed by atoms with van der Waals surface area (Å²) in [5, 5.41) is 2.91. The number of nitrogens with zero attached hydrogens (tertiary/aromatic N) is 2. The van der Waals surface area contributed by atoms with Crippen molar-refractivity contribution in [3.05, 3.63) is 29.3 Å². The second-order valence-electron chi connectivity index (χ2n) is 6.50. The third kappa shape index (κ3) is 2.65. The van der Waals surface area contributed by atoms with Gasteiger partial charge in [0.15, 0.2) is 0 Å². The summed E-state index contributed by atoms with van der Waals surface area (Å²) in [6, 6.07) is 7.05. The number of ether oxygens (including phenoxy) is 1. The van der Waals surface area contributed by atoms with E-state index in [0.717, 1.165) is 57.9 Å². The van der Waals surface area contributed by atoms with Crippen molar-refractivity contribution < 1.29 is 9.53 Å². The first-order chi connectivity index (χ1) is 10.8. The molecular weight excluding hydrogens is 278 g/mol. The molecule has 3 aliphatic rings. The molecule has 5 heteroatoms. The Bertz CT molecular complexity index is 575. The number of rotatable bonds is 3. The molecule has 5 nitrogen and oxygen atoms in total. The Morgan fingerprint density at radius 3 is 3.14 bits per heavy atom. The van der Waals surface area contributed by atoms with Crippen LogP contribution in [0.3, 0.4) is 0 Å². The van der Waals surface area contributed by atoms with E-state index in [1.807, 2.05) is 4.90 Å². The molecule has 1 atom stereocenters. The van der Waals surface area contributed by atoms with Gasteiger partial charge in [-0.1, -0.05) is 12.1 Å². The maximum atomic E-state index is 11.8. The molecule has 0 aromatic heterocycles. The van der Waals surface area contributed by atoms with Crippen LogP contribution in [0.2, 0.25) is 0 Å². The third-order valence-corrected chi connectivity index (χ3v) is 4.97. The quantitative estimate of drug-likeness (QED) is 0.922. The Morgan fingerprint density at radius 2 is 2.27 bits per heavy atom. The van der Waals surface area contributed by atoms with Gasteiger partial charge >= 0.3 is 6.03 Å². The monoisotopic (exact) mass is 301 g/mol. The molecule has 1 N–H and O–H groups in total. The minimum Gasteiger partial charge on any atom is -0.493 e. The summed E-state index contributed by atoms with van der Waals surface area (Å²) in [7, 11) is 0. The lowest BCUT2D eigenvalue weighted by molar-refractivity contribution is 0.122. The number of fused-ring (bicyclic) bond motifs is 1. The van der Waals surface area contributed by atoms with Gasteiger partial charge in [-0.15, -0.1) is 0 Å². The van der Waals surface area contributed by atoms with Crippen LogP contribution in [0.4, 0.5) is 4.79 Å². The van der Waals surface area contributed by atoms with Gasteiger partial charge in [-0.3, -0.25) is 4.90 Å². The molecule has 0 spiro atoms. The van der Waals surface area contributed by atoms with E-state index in [4.69, 9.17) is 4.74 Å². The maximum absolute atomic E-state index is 11.8. The Balaban J connectivity index is 1.41. The minimum atomic E-state index is 0.113. The van der Waals surface area contributed by atoms with Crippen molar-refractivity contribution in [2.75, 3.05) is 32.8 Å². The van der Waals surface area contributed by atoms with Gasteiger partial charge in [0.25, 0.3) is 0 Å². The summed E-state index contributed by atoms with van der Waals surface area (Å²) >= 11 is 0. The van der Waals surface area contributed by atoms with E-state index in [-0.39, 0.29) is 6.03 Å². The number of urea groups is 1. The van der Waals surface area contributed by atoms with Crippen LogP contribution in [0.5, 0.6) is 5.75 Å². The topological polar surface area (TPSA) is 44.8 Å². The van der Waals surface area contributed by atoms with Crippen LogP contribution in [0, 0.1) is 0 Å². The molecule has 2 fully saturated rings. The highest BCUT2D eigenvalue weighted by Crippen LogP contribution is 2.27. The number of carbonyl (C=O) groups excluding carboxylic acids is 1. The Morgan fingerprint density at radius 1 is 1.32 bits per heavy atom. The number of hydrogen-bond donors (Lipinski definition) is 1. The largest absolute Gasteiger partial charge is 0.493 e. The predicted molar refractivity (Wildman–Crippen MR) is 84.0 cm³/mol. The van der Waals surface area contributed by atoms with Crippen LogP contribution >= 0.6 is 0 Å². The van der Waals surface area contributed by atoms with Crippen LogP contribution in [0.25, 0.3) is 0 Å². The fourth-order valence-electron chi connectivity index (χ4n) is 3.86. The summed E-state index contributed by atoms with van der Waals surface area (Å²) < 4.78 is 5.58. The minimum absolute atomic E-state index is 0.113. The fraction of sp³-hybridized carbons (Fsp3) is 0.588. The van der Waals surface area contributed by atoms with Crippen molar-refractivity contribution in [3.8, 4) is 5.75 Å². The maximum Gasteiger partial charge on any atom is 0.317 e. The molecule has 0 saturated carbocycles. The average molecular weight is 301 g/mol. The highest BCUT2D eigenvalue weighted by molar-refractivity contribution is 5.76. The van der Waals surface area contributed by atoms with Crippen molar-refractivity contribution >= 4 is 6.03 Å². The number of nitrogens with one attached hydrogen (secondary N) is 1. The van der Waals surface area contributed by atoms with Gasteiger partial charge in [0.05, 0.1) is 6.61 Å². The predicted octanol–water partition coefficient (Wildman–Crippen LogP) is 1.61. The van der Waals surface area contributed by atoms with E-state index >= 15 is 0 Å². The molecular formula is C17H23N3O2. The van der Waals surface area contributed by atoms with Crippen molar-refractivity contribution in [3.63, 3.8) is 0 Å². The SMILES string of the molecule is O=C1NCCN1C1CCCN(Cc2ccc3c(c2)CCO3)C1. The normalized spacial score (nSPS) is 25.0. The van der Waals surface area contributed by atoms with E-state index in [2.05, 4.69) is 28.4 Å². The Kier molecular flexibility index (Phi) is 3.66. The third-order valence-electron chi connectivity index (χ3n) is 4.97. The van der Waals surface area contributed by atoms with Gasteiger partial charge in [0.2, 0.25) is 0 Å². The molecule has 1 unspecified atom stereocenters. The van der Waals surface area contributed by atoms with Crippen molar-refractivity contribution in [1.29, 1.82) is 0 Å². The number of amides is 2. The van der Waals surface area contributed by atoms with E-state index < -0.39 is 0 Å². The van der Waals surface area contributed by atoms with Gasteiger partial charge in [-0.25, -0.2) is 4.79 Å². The summed E-state index contributed by atoms with van der Waals surface area (Å²) in [5.74, 6) is 1.05. The smallest absolute Gasteiger partial charge is 0.317 e. The molecule has 22 heavy (non-hydrogen) atoms. The molecule has 1 aromatic carbocycles. The summed E-state index contributed by atoms with van der Waals surface area (Å²) in [5.41, 5.74) is 2.70. The van der Waals surface area contributed by atoms with Crippen LogP contribution in [0.1, 0.15) is 24.0 Å². The van der Waals surface area contributed by atoms with E-state index in [9.17, 15) is 4.79 Å². The lowest BCUT2D eigenvalue weighted by Crippen LogP contribution is -2.48. The molecule has 2 saturated heterocycles. The molecule has 3 heterocycles. The summed E-state index contributed by atoms with van der Waals surface area (Å²) in [6.45, 7) is 5.54. The first-order valence-electron chi connectivity index (χ1n) is 8.31. The first kappa shape index (κ1) is 13.9. The first-order valence-corrected chi connectivity index (χ1v) is 8.31. The molecule has 118 valence electrons. The van der Waals surface area contributed by atoms with Gasteiger partial charge < -0.3 is 15.0 Å². The van der Waals surface area contributed by atoms with E-state index in [0.29, 0.717) is 6.04 Å². The summed E-state index contributed by atoms with van der Waals surface area (Å²) in [4.78, 5) is 16.3. The molecule has 1 aromatic rings. The second-order valence-corrected chi connectivity index (χ2v) is 6.50. The lowest BCUT2D eigenvalue weighted by Gasteiger charge is -2.37. The standard InChI is InChI=1S/C17H23N3O2/c21-17-18-6-8-20(17)15-2-1-7-19(12-15)11-13-3-4-16-14(10-13)5-9-22-16/h3-4,10,15H,1-2,5-9,11-12H2,(H,18,21). The van der Waals surface area contributed by atoms with Gasteiger partial charge in [0.1, 0.15) is 5.75 Å². The van der Waals surface area contributed by atoms with E-state index in [1.54, 1.807) is 0 Å². The van der Waals surface area contributed by atoms with Crippen molar-refractivity contribution in [1.82, 2.24) is 15.1 Å². The molecule has 0 radical (unpaired) electrons. The summed E-state index contributed by atoms with van der Waals surface area (Å²) in [6.07, 6.45) is 3.32. The van der Waals surface area contributed by atoms with Crippen molar-refractivity contribution in [2.24, 2.45) is 0 Å². The molecule has 0 bridgehead atoms. The zero-order chi connectivity index (χ0) is 14.9. The Labute approximate surface area is 131 Å². The van der Waals surface area contributed by atoms with E-state index in [1.165, 1.54) is 17.5 Å². The van der Waals surface area contributed by atoms with Crippen LogP contribution < -0.4 is 10.1 Å². The Hall–Kier alpha value is -1.75. The molecule has 3 aliphatic heterocycles. The lowest BCUT2D eigenvalue weighted by atomic mass is 10.0. The number of hydrogen-bond acceptors (Lipinski definition) is 3. The van der Waals surface area contributed by atoms with Gasteiger partial charge in [-0.05, 0) is 36.6 Å².